The Bertz CT molecular complexity index is 927. The first-order valence-corrected chi connectivity index (χ1v) is 10.2. The van der Waals surface area contributed by atoms with Gasteiger partial charge in [-0.05, 0) is 36.5 Å². The van der Waals surface area contributed by atoms with Crippen molar-refractivity contribution >= 4 is 5.91 Å². The van der Waals surface area contributed by atoms with Crippen molar-refractivity contribution in [3.63, 3.8) is 0 Å². The second kappa shape index (κ2) is 8.02. The van der Waals surface area contributed by atoms with Gasteiger partial charge in [-0.3, -0.25) is 4.79 Å². The molecule has 0 aromatic heterocycles. The minimum atomic E-state index is -0.419. The van der Waals surface area contributed by atoms with Crippen molar-refractivity contribution in [3.05, 3.63) is 107 Å². The van der Waals surface area contributed by atoms with Crippen LogP contribution in [0, 0.1) is 6.92 Å². The largest absolute Gasteiger partial charge is 0.344 e. The van der Waals surface area contributed by atoms with Gasteiger partial charge in [0.25, 0.3) is 0 Å². The number of carbonyl (C=O) groups is 1. The zero-order valence-corrected chi connectivity index (χ0v) is 16.4. The lowest BCUT2D eigenvalue weighted by Gasteiger charge is -2.31. The Morgan fingerprint density at radius 2 is 1.43 bits per heavy atom. The van der Waals surface area contributed by atoms with E-state index in [2.05, 4.69) is 60.8 Å². The molecule has 3 aromatic rings. The fourth-order valence-electron chi connectivity index (χ4n) is 4.51. The van der Waals surface area contributed by atoms with Gasteiger partial charge in [0.05, 0.1) is 11.5 Å². The van der Waals surface area contributed by atoms with E-state index in [0.29, 0.717) is 0 Å². The Labute approximate surface area is 167 Å². The maximum Gasteiger partial charge on any atom is 0.231 e. The van der Waals surface area contributed by atoms with Gasteiger partial charge < -0.3 is 5.32 Å². The molecule has 1 aliphatic rings. The molecular weight excluding hydrogens is 342 g/mol. The van der Waals surface area contributed by atoms with Gasteiger partial charge in [-0.2, -0.15) is 0 Å². The van der Waals surface area contributed by atoms with Crippen molar-refractivity contribution in [2.45, 2.75) is 44.1 Å². The Balaban J connectivity index is 1.71. The van der Waals surface area contributed by atoms with Gasteiger partial charge >= 0.3 is 0 Å². The average Bonchev–Trinajstić information content (AvgIpc) is 3.24. The van der Waals surface area contributed by atoms with Crippen molar-refractivity contribution in [3.8, 4) is 0 Å². The second-order valence-corrected chi connectivity index (χ2v) is 7.89. The summed E-state index contributed by atoms with van der Waals surface area (Å²) in [6.45, 7) is 2.09. The highest BCUT2D eigenvalue weighted by Gasteiger charge is 2.43. The zero-order chi connectivity index (χ0) is 19.4. The lowest BCUT2D eigenvalue weighted by atomic mass is 9.77. The van der Waals surface area contributed by atoms with E-state index in [4.69, 9.17) is 0 Å². The summed E-state index contributed by atoms with van der Waals surface area (Å²) in [5, 5.41) is 3.42. The van der Waals surface area contributed by atoms with Crippen LogP contribution in [-0.4, -0.2) is 5.91 Å². The molecule has 142 valence electrons. The number of rotatable bonds is 5. The normalized spacial score (nSPS) is 16.5. The van der Waals surface area contributed by atoms with Crippen molar-refractivity contribution in [2.75, 3.05) is 0 Å². The van der Waals surface area contributed by atoms with Gasteiger partial charge in [-0.15, -0.1) is 0 Å². The fourth-order valence-corrected chi connectivity index (χ4v) is 4.51. The van der Waals surface area contributed by atoms with Crippen LogP contribution in [0.4, 0.5) is 0 Å². The number of amides is 1. The molecule has 1 saturated carbocycles. The van der Waals surface area contributed by atoms with E-state index < -0.39 is 5.41 Å². The Morgan fingerprint density at radius 1 is 0.821 bits per heavy atom. The number of hydrogen-bond acceptors (Lipinski definition) is 1. The average molecular weight is 370 g/mol. The monoisotopic (exact) mass is 369 g/mol. The number of benzene rings is 3. The molecule has 0 aliphatic heterocycles. The van der Waals surface area contributed by atoms with Crippen LogP contribution in [0.25, 0.3) is 0 Å². The number of carbonyl (C=O) groups excluding carboxylic acids is 1. The minimum Gasteiger partial charge on any atom is -0.344 e. The van der Waals surface area contributed by atoms with E-state index in [-0.39, 0.29) is 11.9 Å². The first-order valence-electron chi connectivity index (χ1n) is 10.2. The highest BCUT2D eigenvalue weighted by atomic mass is 16.2. The molecular formula is C26H27NO. The van der Waals surface area contributed by atoms with Gasteiger partial charge in [0, 0.05) is 0 Å². The highest BCUT2D eigenvalue weighted by Crippen LogP contribution is 2.42. The van der Waals surface area contributed by atoms with E-state index in [1.54, 1.807) is 0 Å². The maximum absolute atomic E-state index is 13.7. The van der Waals surface area contributed by atoms with E-state index in [9.17, 15) is 4.79 Å². The Kier molecular flexibility index (Phi) is 5.29. The van der Waals surface area contributed by atoms with Crippen LogP contribution < -0.4 is 5.32 Å². The van der Waals surface area contributed by atoms with E-state index in [1.807, 2.05) is 36.4 Å². The standard InChI is InChI=1S/C26H27NO/c1-20-11-10-14-22(19-20)24(21-12-4-2-5-13-21)27-25(28)26(17-8-9-18-26)23-15-6-3-7-16-23/h2-7,10-16,19,24H,8-9,17-18H2,1H3,(H,27,28)/t24-/m0/s1. The van der Waals surface area contributed by atoms with Crippen molar-refractivity contribution in [1.29, 1.82) is 0 Å². The molecule has 1 N–H and O–H groups in total. The van der Waals surface area contributed by atoms with Crippen LogP contribution in [0.15, 0.2) is 84.9 Å². The molecule has 1 fully saturated rings. The summed E-state index contributed by atoms with van der Waals surface area (Å²) in [6, 6.07) is 28.9. The highest BCUT2D eigenvalue weighted by molar-refractivity contribution is 5.89. The third-order valence-electron chi connectivity index (χ3n) is 6.00. The summed E-state index contributed by atoms with van der Waals surface area (Å²) < 4.78 is 0. The van der Waals surface area contributed by atoms with Crippen LogP contribution >= 0.6 is 0 Å². The third kappa shape index (κ3) is 3.60. The fraction of sp³-hybridized carbons (Fsp3) is 0.269. The summed E-state index contributed by atoms with van der Waals surface area (Å²) in [5.74, 6) is 0.145. The predicted octanol–water partition coefficient (Wildman–Crippen LogP) is 5.71. The van der Waals surface area contributed by atoms with Gasteiger partial charge in [0.1, 0.15) is 0 Å². The molecule has 0 saturated heterocycles. The lowest BCUT2D eigenvalue weighted by molar-refractivity contribution is -0.127. The first-order chi connectivity index (χ1) is 13.7. The van der Waals surface area contributed by atoms with Gasteiger partial charge in [0.2, 0.25) is 5.91 Å². The first kappa shape index (κ1) is 18.5. The second-order valence-electron chi connectivity index (χ2n) is 7.89. The SMILES string of the molecule is Cc1cccc([C@@H](NC(=O)C2(c3ccccc3)CCCC2)c2ccccc2)c1. The van der Waals surface area contributed by atoms with Gasteiger partial charge in [-0.25, -0.2) is 0 Å². The molecule has 4 rings (SSSR count). The molecule has 1 aliphatic carbocycles. The summed E-state index contributed by atoms with van der Waals surface area (Å²) >= 11 is 0. The smallest absolute Gasteiger partial charge is 0.231 e. The quantitative estimate of drug-likeness (QED) is 0.613. The van der Waals surface area contributed by atoms with Crippen molar-refractivity contribution in [2.24, 2.45) is 0 Å². The third-order valence-corrected chi connectivity index (χ3v) is 6.00. The van der Waals surface area contributed by atoms with Crippen LogP contribution in [0.5, 0.6) is 0 Å². The lowest BCUT2D eigenvalue weighted by Crippen LogP contribution is -2.44. The van der Waals surface area contributed by atoms with Crippen LogP contribution in [-0.2, 0) is 10.2 Å². The Hall–Kier alpha value is -2.87. The minimum absolute atomic E-state index is 0.144. The number of hydrogen-bond donors (Lipinski definition) is 1. The molecule has 0 radical (unpaired) electrons. The molecule has 0 spiro atoms. The van der Waals surface area contributed by atoms with Crippen LogP contribution in [0.1, 0.15) is 54.0 Å². The van der Waals surface area contributed by atoms with Gasteiger partial charge in [-0.1, -0.05) is 103 Å². The zero-order valence-electron chi connectivity index (χ0n) is 16.4. The van der Waals surface area contributed by atoms with Crippen molar-refractivity contribution < 1.29 is 4.79 Å². The van der Waals surface area contributed by atoms with E-state index in [1.165, 1.54) is 5.56 Å². The van der Waals surface area contributed by atoms with E-state index >= 15 is 0 Å². The summed E-state index contributed by atoms with van der Waals surface area (Å²) in [7, 11) is 0. The molecule has 1 amide bonds. The molecule has 0 bridgehead atoms. The summed E-state index contributed by atoms with van der Waals surface area (Å²) in [5.41, 5.74) is 4.16. The van der Waals surface area contributed by atoms with E-state index in [0.717, 1.165) is 42.4 Å². The number of aryl methyl sites for hydroxylation is 1. The maximum atomic E-state index is 13.7. The molecule has 3 aromatic carbocycles. The summed E-state index contributed by atoms with van der Waals surface area (Å²) in [4.78, 5) is 13.7. The van der Waals surface area contributed by atoms with Crippen LogP contribution in [0.2, 0.25) is 0 Å². The van der Waals surface area contributed by atoms with Crippen molar-refractivity contribution in [1.82, 2.24) is 5.32 Å². The summed E-state index contributed by atoms with van der Waals surface area (Å²) in [6.07, 6.45) is 4.03. The molecule has 0 unspecified atom stereocenters. The molecule has 0 heterocycles. The molecule has 28 heavy (non-hydrogen) atoms. The molecule has 2 nitrogen and oxygen atoms in total. The topological polar surface area (TPSA) is 29.1 Å². The predicted molar refractivity (Wildman–Crippen MR) is 114 cm³/mol. The molecule has 1 atom stereocenters. The molecule has 2 heteroatoms. The van der Waals surface area contributed by atoms with Crippen LogP contribution in [0.3, 0.4) is 0 Å². The van der Waals surface area contributed by atoms with Gasteiger partial charge in [0.15, 0.2) is 0 Å². The number of nitrogens with one attached hydrogen (secondary N) is 1. The Morgan fingerprint density at radius 3 is 2.07 bits per heavy atom.